The number of nitrogen functional groups attached to an aromatic ring is 1. The van der Waals surface area contributed by atoms with E-state index < -0.39 is 12.1 Å². The normalized spacial score (nSPS) is 16.5. The van der Waals surface area contributed by atoms with Gasteiger partial charge in [-0.1, -0.05) is 6.07 Å². The van der Waals surface area contributed by atoms with Gasteiger partial charge in [-0.05, 0) is 36.6 Å². The van der Waals surface area contributed by atoms with Crippen molar-refractivity contribution in [1.29, 1.82) is 0 Å². The fraction of sp³-hybridized carbons (Fsp3) is 0.385. The Hall–Kier alpha value is -2.08. The van der Waals surface area contributed by atoms with Gasteiger partial charge in [0.2, 0.25) is 5.91 Å². The van der Waals surface area contributed by atoms with Crippen LogP contribution in [-0.4, -0.2) is 29.4 Å². The SMILES string of the molecule is CC(C(=O)NC(N)=O)N1CCc2ccc(N)cc2C1. The Morgan fingerprint density at radius 1 is 1.37 bits per heavy atom. The van der Waals surface area contributed by atoms with Crippen LogP contribution < -0.4 is 16.8 Å². The number of rotatable bonds is 2. The van der Waals surface area contributed by atoms with E-state index in [9.17, 15) is 9.59 Å². The Labute approximate surface area is 111 Å². The first-order valence-corrected chi connectivity index (χ1v) is 6.19. The first-order chi connectivity index (χ1) is 8.97. The summed E-state index contributed by atoms with van der Waals surface area (Å²) in [6.07, 6.45) is 0.865. The Bertz CT molecular complexity index is 515. The fourth-order valence-electron chi connectivity index (χ4n) is 2.32. The van der Waals surface area contributed by atoms with Crippen LogP contribution in [0, 0.1) is 0 Å². The minimum Gasteiger partial charge on any atom is -0.399 e. The van der Waals surface area contributed by atoms with E-state index in [0.29, 0.717) is 6.54 Å². The van der Waals surface area contributed by atoms with Crippen molar-refractivity contribution in [2.45, 2.75) is 25.9 Å². The van der Waals surface area contributed by atoms with E-state index in [1.54, 1.807) is 6.92 Å². The smallest absolute Gasteiger partial charge is 0.318 e. The third-order valence-corrected chi connectivity index (χ3v) is 3.45. The minimum atomic E-state index is -0.821. The van der Waals surface area contributed by atoms with Gasteiger partial charge < -0.3 is 11.5 Å². The topological polar surface area (TPSA) is 101 Å². The van der Waals surface area contributed by atoms with Gasteiger partial charge in [0.15, 0.2) is 0 Å². The maximum Gasteiger partial charge on any atom is 0.318 e. The van der Waals surface area contributed by atoms with Gasteiger partial charge in [0.25, 0.3) is 0 Å². The molecule has 3 amide bonds. The van der Waals surface area contributed by atoms with Crippen LogP contribution in [0.5, 0.6) is 0 Å². The lowest BCUT2D eigenvalue weighted by Crippen LogP contribution is -2.49. The van der Waals surface area contributed by atoms with Crippen molar-refractivity contribution in [2.75, 3.05) is 12.3 Å². The van der Waals surface area contributed by atoms with Crippen LogP contribution >= 0.6 is 0 Å². The van der Waals surface area contributed by atoms with Crippen LogP contribution in [0.4, 0.5) is 10.5 Å². The third-order valence-electron chi connectivity index (χ3n) is 3.45. The number of carbonyl (C=O) groups is 2. The monoisotopic (exact) mass is 262 g/mol. The summed E-state index contributed by atoms with van der Waals surface area (Å²) in [4.78, 5) is 24.4. The summed E-state index contributed by atoms with van der Waals surface area (Å²) in [6, 6.07) is 4.62. The van der Waals surface area contributed by atoms with Crippen LogP contribution in [0.25, 0.3) is 0 Å². The number of urea groups is 1. The molecule has 0 bridgehead atoms. The number of fused-ring (bicyclic) bond motifs is 1. The minimum absolute atomic E-state index is 0.375. The van der Waals surface area contributed by atoms with E-state index in [1.807, 2.05) is 23.1 Å². The lowest BCUT2D eigenvalue weighted by molar-refractivity contribution is -0.125. The van der Waals surface area contributed by atoms with E-state index in [-0.39, 0.29) is 5.91 Å². The van der Waals surface area contributed by atoms with Gasteiger partial charge in [-0.2, -0.15) is 0 Å². The first-order valence-electron chi connectivity index (χ1n) is 6.19. The summed E-state index contributed by atoms with van der Waals surface area (Å²) in [5.74, 6) is -0.375. The molecule has 0 saturated carbocycles. The zero-order valence-corrected chi connectivity index (χ0v) is 10.8. The number of hydrogen-bond acceptors (Lipinski definition) is 4. The van der Waals surface area contributed by atoms with Crippen LogP contribution in [-0.2, 0) is 17.8 Å². The molecule has 1 aliphatic rings. The van der Waals surface area contributed by atoms with Crippen LogP contribution in [0.15, 0.2) is 18.2 Å². The fourth-order valence-corrected chi connectivity index (χ4v) is 2.32. The molecule has 0 aliphatic carbocycles. The average molecular weight is 262 g/mol. The van der Waals surface area contributed by atoms with Gasteiger partial charge >= 0.3 is 6.03 Å². The van der Waals surface area contributed by atoms with Crippen molar-refractivity contribution < 1.29 is 9.59 Å². The average Bonchev–Trinajstić information content (AvgIpc) is 2.36. The van der Waals surface area contributed by atoms with Crippen LogP contribution in [0.2, 0.25) is 0 Å². The number of amides is 3. The van der Waals surface area contributed by atoms with Gasteiger partial charge in [0, 0.05) is 18.8 Å². The predicted molar refractivity (Wildman–Crippen MR) is 72.2 cm³/mol. The number of anilines is 1. The van der Waals surface area contributed by atoms with Crippen molar-refractivity contribution >= 4 is 17.6 Å². The van der Waals surface area contributed by atoms with Crippen LogP contribution in [0.1, 0.15) is 18.1 Å². The number of carbonyl (C=O) groups excluding carboxylic acids is 2. The summed E-state index contributed by atoms with van der Waals surface area (Å²) in [5.41, 5.74) is 13.8. The quantitative estimate of drug-likeness (QED) is 0.663. The highest BCUT2D eigenvalue weighted by molar-refractivity contribution is 5.96. The number of benzene rings is 1. The number of nitrogens with two attached hydrogens (primary N) is 2. The molecule has 0 saturated heterocycles. The third kappa shape index (κ3) is 3.03. The molecule has 5 N–H and O–H groups in total. The molecule has 102 valence electrons. The molecule has 1 aromatic rings. The van der Waals surface area contributed by atoms with Crippen molar-refractivity contribution in [2.24, 2.45) is 5.73 Å². The molecule has 6 heteroatoms. The van der Waals surface area contributed by atoms with Crippen molar-refractivity contribution in [3.63, 3.8) is 0 Å². The number of imide groups is 1. The van der Waals surface area contributed by atoms with Crippen molar-refractivity contribution in [3.8, 4) is 0 Å². The highest BCUT2D eigenvalue weighted by Crippen LogP contribution is 2.22. The van der Waals surface area contributed by atoms with E-state index in [0.717, 1.165) is 24.2 Å². The number of primary amides is 1. The zero-order valence-electron chi connectivity index (χ0n) is 10.8. The molecule has 0 fully saturated rings. The molecule has 0 aromatic heterocycles. The molecule has 0 spiro atoms. The summed E-state index contributed by atoms with van der Waals surface area (Å²) in [7, 11) is 0. The highest BCUT2D eigenvalue weighted by atomic mass is 16.2. The van der Waals surface area contributed by atoms with Gasteiger partial charge in [-0.25, -0.2) is 4.79 Å². The van der Waals surface area contributed by atoms with E-state index in [4.69, 9.17) is 11.5 Å². The standard InChI is InChI=1S/C13H18N4O2/c1-8(12(18)16-13(15)19)17-5-4-9-2-3-11(14)6-10(9)7-17/h2-3,6,8H,4-5,7,14H2,1H3,(H3,15,16,18,19). The number of nitrogens with one attached hydrogen (secondary N) is 1. The zero-order chi connectivity index (χ0) is 14.0. The molecule has 19 heavy (non-hydrogen) atoms. The second-order valence-corrected chi connectivity index (χ2v) is 4.78. The van der Waals surface area contributed by atoms with Gasteiger partial charge in [0.1, 0.15) is 0 Å². The van der Waals surface area contributed by atoms with Crippen molar-refractivity contribution in [1.82, 2.24) is 10.2 Å². The molecule has 6 nitrogen and oxygen atoms in total. The number of hydrogen-bond donors (Lipinski definition) is 3. The molecule has 0 radical (unpaired) electrons. The summed E-state index contributed by atoms with van der Waals surface area (Å²) in [5, 5.41) is 2.11. The molecule has 1 atom stereocenters. The maximum atomic E-state index is 11.8. The molecular weight excluding hydrogens is 244 g/mol. The Kier molecular flexibility index (Phi) is 3.71. The Morgan fingerprint density at radius 3 is 2.79 bits per heavy atom. The molecule has 1 unspecified atom stereocenters. The highest BCUT2D eigenvalue weighted by Gasteiger charge is 2.25. The summed E-state index contributed by atoms with van der Waals surface area (Å²) in [6.45, 7) is 3.17. The number of nitrogens with zero attached hydrogens (tertiary/aromatic N) is 1. The molecule has 1 aromatic carbocycles. The summed E-state index contributed by atoms with van der Waals surface area (Å²) >= 11 is 0. The largest absolute Gasteiger partial charge is 0.399 e. The summed E-state index contributed by atoms with van der Waals surface area (Å²) < 4.78 is 0. The van der Waals surface area contributed by atoms with E-state index >= 15 is 0 Å². The van der Waals surface area contributed by atoms with Gasteiger partial charge in [-0.3, -0.25) is 15.0 Å². The lowest BCUT2D eigenvalue weighted by atomic mass is 9.98. The van der Waals surface area contributed by atoms with Gasteiger partial charge in [0.05, 0.1) is 6.04 Å². The van der Waals surface area contributed by atoms with E-state index in [1.165, 1.54) is 5.56 Å². The lowest BCUT2D eigenvalue weighted by Gasteiger charge is -2.32. The molecular formula is C13H18N4O2. The molecule has 1 aliphatic heterocycles. The van der Waals surface area contributed by atoms with Gasteiger partial charge in [-0.15, -0.1) is 0 Å². The van der Waals surface area contributed by atoms with Crippen LogP contribution in [0.3, 0.4) is 0 Å². The second kappa shape index (κ2) is 5.27. The van der Waals surface area contributed by atoms with Crippen molar-refractivity contribution in [3.05, 3.63) is 29.3 Å². The predicted octanol–water partition coefficient (Wildman–Crippen LogP) is 0.210. The molecule has 2 rings (SSSR count). The van der Waals surface area contributed by atoms with E-state index in [2.05, 4.69) is 5.32 Å². The Morgan fingerprint density at radius 2 is 2.11 bits per heavy atom. The Balaban J connectivity index is 2.08. The molecule has 1 heterocycles. The second-order valence-electron chi connectivity index (χ2n) is 4.78. The maximum absolute atomic E-state index is 11.8. The first kappa shape index (κ1) is 13.4.